The number of phenolic OH excluding ortho intramolecular Hbond substituents is 2. The van der Waals surface area contributed by atoms with Crippen LogP contribution in [-0.2, 0) is 53.9 Å². The van der Waals surface area contributed by atoms with E-state index in [9.17, 15) is 50.1 Å². The van der Waals surface area contributed by atoms with Crippen LogP contribution < -0.4 is 0 Å². The molecule has 14 atom stereocenters. The number of hydrogen-bond acceptors (Lipinski definition) is 18. The Balaban J connectivity index is 1.60. The number of hydrogen-bond donors (Lipinski definition) is 7. The van der Waals surface area contributed by atoms with Crippen LogP contribution in [0.1, 0.15) is 118 Å². The van der Waals surface area contributed by atoms with Crippen molar-refractivity contribution in [2.75, 3.05) is 13.7 Å². The van der Waals surface area contributed by atoms with E-state index in [4.69, 9.17) is 61.1 Å². The summed E-state index contributed by atoms with van der Waals surface area (Å²) in [5.74, 6) is -4.26. The zero-order chi connectivity index (χ0) is 54.8. The molecule has 20 heteroatoms. The molecule has 1 aromatic carbocycles. The Bertz CT molecular complexity index is 2230. The highest BCUT2D eigenvalue weighted by Crippen LogP contribution is 2.45. The average molecular weight is 1070 g/mol. The first-order valence-corrected chi connectivity index (χ1v) is 25.4. The number of aliphatic hydroxyl groups is 5. The normalized spacial score (nSPS) is 34.5. The number of aliphatic hydroxyl groups excluding tert-OH is 5. The summed E-state index contributed by atoms with van der Waals surface area (Å²) >= 11 is 12.3. The number of ether oxygens (including phenoxy) is 8. The molecule has 0 bridgehead atoms. The molecular formula is C53H76Cl2O18. The van der Waals surface area contributed by atoms with Gasteiger partial charge in [-0.25, -0.2) is 9.59 Å². The van der Waals surface area contributed by atoms with Crippen molar-refractivity contribution in [3.63, 3.8) is 0 Å². The van der Waals surface area contributed by atoms with Gasteiger partial charge in [-0.1, -0.05) is 86.9 Å². The number of carbonyl (C=O) groups excluding carboxylic acids is 3. The molecule has 2 saturated heterocycles. The van der Waals surface area contributed by atoms with Gasteiger partial charge < -0.3 is 73.6 Å². The largest absolute Gasteiger partial charge is 0.505 e. The smallest absolute Gasteiger partial charge is 0.342 e. The van der Waals surface area contributed by atoms with Crippen LogP contribution in [0.2, 0.25) is 10.0 Å². The van der Waals surface area contributed by atoms with E-state index in [1.54, 1.807) is 39.8 Å². The van der Waals surface area contributed by atoms with Gasteiger partial charge in [0.2, 0.25) is 0 Å². The van der Waals surface area contributed by atoms with Crippen molar-refractivity contribution in [3.05, 3.63) is 79.9 Å². The lowest BCUT2D eigenvalue weighted by Gasteiger charge is -2.47. The molecule has 0 aliphatic carbocycles. The Morgan fingerprint density at radius 1 is 0.904 bits per heavy atom. The molecule has 1 aromatic rings. The van der Waals surface area contributed by atoms with Gasteiger partial charge >= 0.3 is 17.9 Å². The second-order valence-electron chi connectivity index (χ2n) is 19.9. The maximum absolute atomic E-state index is 14.0. The molecule has 0 radical (unpaired) electrons. The maximum atomic E-state index is 14.0. The molecule has 7 N–H and O–H groups in total. The summed E-state index contributed by atoms with van der Waals surface area (Å²) in [6.45, 7) is 18.5. The van der Waals surface area contributed by atoms with Crippen LogP contribution in [0.4, 0.5) is 0 Å². The Labute approximate surface area is 438 Å². The highest BCUT2D eigenvalue weighted by atomic mass is 35.5. The number of methoxy groups -OCH3 is 1. The fourth-order valence-corrected chi connectivity index (χ4v) is 9.42. The summed E-state index contributed by atoms with van der Waals surface area (Å²) in [5, 5.41) is 76.6. The highest BCUT2D eigenvalue weighted by Gasteiger charge is 2.53. The lowest BCUT2D eigenvalue weighted by Crippen LogP contribution is -2.64. The quantitative estimate of drug-likeness (QED) is 0.0586. The van der Waals surface area contributed by atoms with Crippen LogP contribution in [0.25, 0.3) is 0 Å². The lowest BCUT2D eigenvalue weighted by atomic mass is 9.88. The van der Waals surface area contributed by atoms with Gasteiger partial charge in [0.15, 0.2) is 36.3 Å². The number of esters is 3. The Morgan fingerprint density at radius 3 is 2.18 bits per heavy atom. The fourth-order valence-electron chi connectivity index (χ4n) is 8.86. The van der Waals surface area contributed by atoms with Crippen LogP contribution in [0.15, 0.2) is 58.7 Å². The third-order valence-corrected chi connectivity index (χ3v) is 13.9. The molecule has 14 unspecified atom stereocenters. The van der Waals surface area contributed by atoms with E-state index in [0.29, 0.717) is 23.1 Å². The summed E-state index contributed by atoms with van der Waals surface area (Å²) in [4.78, 5) is 40.1. The van der Waals surface area contributed by atoms with Gasteiger partial charge in [0.1, 0.15) is 46.7 Å². The molecule has 410 valence electrons. The number of carbonyl (C=O) groups is 3. The van der Waals surface area contributed by atoms with Crippen LogP contribution >= 0.6 is 23.2 Å². The number of cyclic esters (lactones) is 1. The van der Waals surface area contributed by atoms with Gasteiger partial charge in [0, 0.05) is 25.9 Å². The second-order valence-corrected chi connectivity index (χ2v) is 20.6. The van der Waals surface area contributed by atoms with E-state index >= 15 is 0 Å². The predicted octanol–water partition coefficient (Wildman–Crippen LogP) is 6.62. The van der Waals surface area contributed by atoms with Crippen molar-refractivity contribution in [2.24, 2.45) is 11.8 Å². The summed E-state index contributed by atoms with van der Waals surface area (Å²) in [6, 6.07) is 0. The second kappa shape index (κ2) is 27.2. The summed E-state index contributed by atoms with van der Waals surface area (Å²) in [5.41, 5.74) is 0.326. The van der Waals surface area contributed by atoms with Crippen molar-refractivity contribution in [1.82, 2.24) is 0 Å². The standard InChI is InChI=1S/C53H76Cl2O18/c1-13-31-23-27(6)34(57)18-16-15-17-32(24-67-52-47(66-12)44(63)46(30(9)68-52)71-50(65)37-33(14-2)38(54)41(60)39(55)40(37)59)49(64)69-35(29(8)56)20-19-26(5)22-28(7)45(31)72-51-43(62)42(61)48(53(10,11)73-51)70-36(58)21-25(3)4/h15-17,19,22-23,25,29-31,34-35,42-48,51-52,56-57,59-63H,13-14,18,20-21,24H2,1-12H3/b16-15+,26-19+,27-23+,28-22+,32-17+. The molecule has 0 spiro atoms. The van der Waals surface area contributed by atoms with E-state index in [1.165, 1.54) is 33.1 Å². The minimum Gasteiger partial charge on any atom is -0.505 e. The Hall–Kier alpha value is -3.89. The lowest BCUT2D eigenvalue weighted by molar-refractivity contribution is -0.333. The average Bonchev–Trinajstić information content (AvgIpc) is 3.32. The molecule has 18 nitrogen and oxygen atoms in total. The van der Waals surface area contributed by atoms with Crippen molar-refractivity contribution < 1.29 is 88.0 Å². The number of phenols is 2. The Morgan fingerprint density at radius 2 is 1.58 bits per heavy atom. The molecule has 0 saturated carbocycles. The van der Waals surface area contributed by atoms with E-state index in [2.05, 4.69) is 0 Å². The first-order valence-electron chi connectivity index (χ1n) is 24.6. The zero-order valence-electron chi connectivity index (χ0n) is 43.7. The van der Waals surface area contributed by atoms with Crippen molar-refractivity contribution >= 4 is 41.1 Å². The number of allylic oxidation sites excluding steroid dienone is 4. The van der Waals surface area contributed by atoms with Crippen molar-refractivity contribution in [3.8, 4) is 11.5 Å². The predicted molar refractivity (Wildman–Crippen MR) is 270 cm³/mol. The minimum atomic E-state index is -1.60. The van der Waals surface area contributed by atoms with Gasteiger partial charge in [-0.3, -0.25) is 4.79 Å². The highest BCUT2D eigenvalue weighted by molar-refractivity contribution is 6.39. The Kier molecular flexibility index (Phi) is 23.0. The van der Waals surface area contributed by atoms with Gasteiger partial charge in [0.25, 0.3) is 0 Å². The summed E-state index contributed by atoms with van der Waals surface area (Å²) in [6.07, 6.45) is -5.31. The summed E-state index contributed by atoms with van der Waals surface area (Å²) < 4.78 is 47.6. The van der Waals surface area contributed by atoms with Gasteiger partial charge in [-0.05, 0) is 96.4 Å². The van der Waals surface area contributed by atoms with Crippen LogP contribution in [0.3, 0.4) is 0 Å². The molecule has 3 heterocycles. The molecule has 3 aliphatic rings. The molecule has 0 amide bonds. The molecule has 3 aliphatic heterocycles. The van der Waals surface area contributed by atoms with E-state index in [1.807, 2.05) is 46.8 Å². The van der Waals surface area contributed by atoms with Crippen LogP contribution in [0.5, 0.6) is 11.5 Å². The van der Waals surface area contributed by atoms with Gasteiger partial charge in [-0.15, -0.1) is 0 Å². The molecular weight excluding hydrogens is 995 g/mol. The zero-order valence-corrected chi connectivity index (χ0v) is 45.3. The number of aromatic hydroxyl groups is 2. The number of rotatable bonds is 14. The van der Waals surface area contributed by atoms with Crippen molar-refractivity contribution in [1.29, 1.82) is 0 Å². The summed E-state index contributed by atoms with van der Waals surface area (Å²) in [7, 11) is 1.26. The van der Waals surface area contributed by atoms with Crippen LogP contribution in [-0.4, -0.2) is 153 Å². The minimum absolute atomic E-state index is 0.00862. The van der Waals surface area contributed by atoms with Gasteiger partial charge in [-0.2, -0.15) is 0 Å². The fraction of sp³-hybridized carbons (Fsp3) is 0.642. The maximum Gasteiger partial charge on any atom is 0.342 e. The molecule has 0 aromatic heterocycles. The monoisotopic (exact) mass is 1070 g/mol. The van der Waals surface area contributed by atoms with E-state index < -0.39 is 138 Å². The topological polar surface area (TPSA) is 267 Å². The third-order valence-electron chi connectivity index (χ3n) is 13.1. The number of halogens is 2. The molecule has 4 rings (SSSR count). The first kappa shape index (κ1) is 61.7. The SMILES string of the molecule is CCc1c(Cl)c(O)c(Cl)c(O)c1C(=O)OC1C(C)OC(OC/C2=C\C=C\CC(O)/C(C)=C/C(CC)C(OC3OC(C)(C)C(OC(=O)CC(C)C)C(O)C3O)/C(C)=C/C(C)=C/CC(C(C)O)OC2=O)C(OC)C1O. The van der Waals surface area contributed by atoms with E-state index in [0.717, 1.165) is 0 Å². The van der Waals surface area contributed by atoms with Crippen LogP contribution in [0, 0.1) is 11.8 Å². The third kappa shape index (κ3) is 15.6. The first-order chi connectivity index (χ1) is 34.2. The van der Waals surface area contributed by atoms with Crippen molar-refractivity contribution in [2.45, 2.75) is 194 Å². The van der Waals surface area contributed by atoms with Gasteiger partial charge in [0.05, 0.1) is 41.6 Å². The van der Waals surface area contributed by atoms with E-state index in [-0.39, 0.29) is 47.8 Å². The number of benzene rings is 1. The molecule has 73 heavy (non-hydrogen) atoms. The molecule has 2 fully saturated rings.